The molecule has 0 aliphatic heterocycles. The minimum atomic E-state index is -1.14. The molecule has 0 amide bonds. The number of fused-ring (bicyclic) bond motifs is 2. The van der Waals surface area contributed by atoms with Gasteiger partial charge in [0.05, 0.1) is 0 Å². The van der Waals surface area contributed by atoms with Crippen molar-refractivity contribution in [1.82, 2.24) is 14.8 Å². The summed E-state index contributed by atoms with van der Waals surface area (Å²) in [5.74, 6) is 0.790. The van der Waals surface area contributed by atoms with Crippen molar-refractivity contribution in [2.45, 2.75) is 87.9 Å². The Morgan fingerprint density at radius 2 is 1.74 bits per heavy atom. The Balaban J connectivity index is 1.43. The van der Waals surface area contributed by atoms with Crippen LogP contribution in [0.1, 0.15) is 40.7 Å². The van der Waals surface area contributed by atoms with Gasteiger partial charge in [-0.15, -0.1) is 5.10 Å². The zero-order valence-electron chi connectivity index (χ0n) is 20.9. The quantitative estimate of drug-likeness (QED) is 0.264. The number of ether oxygens (including phenoxy) is 1. The Morgan fingerprint density at radius 1 is 1.03 bits per heavy atom. The Labute approximate surface area is 208 Å². The molecular weight excluding hydrogens is 456 g/mol. The highest BCUT2D eigenvalue weighted by Crippen LogP contribution is 2.40. The first-order valence-corrected chi connectivity index (χ1v) is 17.1. The van der Waals surface area contributed by atoms with Gasteiger partial charge >= 0.3 is 0 Å². The maximum absolute atomic E-state index is 6.09. The Hall–Kier alpha value is -2.09. The van der Waals surface area contributed by atoms with Crippen LogP contribution in [0.3, 0.4) is 0 Å². The van der Waals surface area contributed by atoms with Gasteiger partial charge in [0.15, 0.2) is 0 Å². The van der Waals surface area contributed by atoms with Crippen LogP contribution >= 0.6 is 11.8 Å². The van der Waals surface area contributed by atoms with Gasteiger partial charge in [0.1, 0.15) is 6.73 Å². The molecule has 1 N–H and O–H groups in total. The first-order valence-electron chi connectivity index (χ1n) is 12.6. The molecule has 0 radical (unpaired) electrons. The molecule has 2 aromatic carbocycles. The van der Waals surface area contributed by atoms with Crippen LogP contribution in [0.2, 0.25) is 25.7 Å². The van der Waals surface area contributed by atoms with Crippen molar-refractivity contribution < 1.29 is 4.74 Å². The third-order valence-electron chi connectivity index (χ3n) is 6.87. The molecule has 0 saturated carbocycles. The molecule has 180 valence electrons. The second kappa shape index (κ2) is 9.88. The van der Waals surface area contributed by atoms with Crippen LogP contribution in [-0.2, 0) is 37.2 Å². The molecule has 3 aromatic rings. The van der Waals surface area contributed by atoms with Crippen molar-refractivity contribution in [1.29, 1.82) is 0 Å². The van der Waals surface area contributed by atoms with Gasteiger partial charge in [0.25, 0.3) is 0 Å². The average Bonchev–Trinajstić information content (AvgIpc) is 3.52. The lowest BCUT2D eigenvalue weighted by molar-refractivity contribution is 0.0792. The van der Waals surface area contributed by atoms with Crippen LogP contribution in [-0.4, -0.2) is 29.4 Å². The zero-order chi connectivity index (χ0) is 23.7. The molecule has 2 aliphatic rings. The molecule has 1 aromatic heterocycles. The molecule has 5 nitrogen and oxygen atoms in total. The second-order valence-corrected chi connectivity index (χ2v) is 17.4. The highest BCUT2D eigenvalue weighted by molar-refractivity contribution is 7.99. The fourth-order valence-corrected chi connectivity index (χ4v) is 6.53. The summed E-state index contributed by atoms with van der Waals surface area (Å²) in [6.45, 7) is 10.5. The van der Waals surface area contributed by atoms with Crippen molar-refractivity contribution in [3.8, 4) is 0 Å². The normalized spacial score (nSPS) is 14.9. The minimum absolute atomic E-state index is 0.422. The van der Waals surface area contributed by atoms with E-state index in [1.165, 1.54) is 64.1 Å². The van der Waals surface area contributed by atoms with Crippen molar-refractivity contribution in [2.24, 2.45) is 0 Å². The van der Waals surface area contributed by atoms with E-state index in [1.54, 1.807) is 11.8 Å². The smallest absolute Gasteiger partial charge is 0.228 e. The monoisotopic (exact) mass is 492 g/mol. The van der Waals surface area contributed by atoms with E-state index < -0.39 is 8.07 Å². The van der Waals surface area contributed by atoms with E-state index in [2.05, 4.69) is 62.2 Å². The van der Waals surface area contributed by atoms with E-state index in [4.69, 9.17) is 14.8 Å². The lowest BCUT2D eigenvalue weighted by atomic mass is 9.99. The van der Waals surface area contributed by atoms with Gasteiger partial charge in [-0.3, -0.25) is 0 Å². The minimum Gasteiger partial charge on any atom is -0.359 e. The fourth-order valence-electron chi connectivity index (χ4n) is 4.92. The number of nitrogens with one attached hydrogen (secondary N) is 1. The summed E-state index contributed by atoms with van der Waals surface area (Å²) in [6.07, 6.45) is 7.17. The number of aryl methyl sites for hydroxylation is 3. The number of hydrogen-bond acceptors (Lipinski definition) is 5. The standard InChI is InChI=1S/C27H36N4OSSi/c1-19-9-5-6-14-24(19)33-27-29-26(31(30-27)18-32-15-16-34(2,3)4)28-25-22-12-7-10-20(22)17-21-11-8-13-23(21)25/h5-6,9,14,17H,7-8,10-13,15-16,18H2,1-4H3,(H,28,29,30). The van der Waals surface area contributed by atoms with Gasteiger partial charge in [-0.1, -0.05) is 43.9 Å². The third kappa shape index (κ3) is 5.26. The Kier molecular flexibility index (Phi) is 6.87. The van der Waals surface area contributed by atoms with Gasteiger partial charge in [-0.05, 0) is 97.1 Å². The first-order chi connectivity index (χ1) is 16.4. The maximum Gasteiger partial charge on any atom is 0.228 e. The molecular formula is C27H36N4OSSi. The number of hydrogen-bond donors (Lipinski definition) is 1. The summed E-state index contributed by atoms with van der Waals surface area (Å²) in [6, 6.07) is 12.0. The molecule has 34 heavy (non-hydrogen) atoms. The number of nitrogens with zero attached hydrogens (tertiary/aromatic N) is 3. The topological polar surface area (TPSA) is 52.0 Å². The largest absolute Gasteiger partial charge is 0.359 e. The highest BCUT2D eigenvalue weighted by Gasteiger charge is 2.25. The Bertz CT molecular complexity index is 1150. The van der Waals surface area contributed by atoms with Gasteiger partial charge < -0.3 is 10.1 Å². The molecule has 5 rings (SSSR count). The number of rotatable bonds is 9. The SMILES string of the molecule is Cc1ccccc1Sc1nc(Nc2c3c(cc4c2CCC4)CCC3)n(COCC[Si](C)(C)C)n1. The molecule has 7 heteroatoms. The van der Waals surface area contributed by atoms with Crippen LogP contribution in [0.4, 0.5) is 11.6 Å². The van der Waals surface area contributed by atoms with Crippen LogP contribution in [0.15, 0.2) is 40.4 Å². The summed E-state index contributed by atoms with van der Waals surface area (Å²) in [4.78, 5) is 6.14. The van der Waals surface area contributed by atoms with Gasteiger partial charge in [-0.2, -0.15) is 4.98 Å². The molecule has 0 bridgehead atoms. The lowest BCUT2D eigenvalue weighted by Gasteiger charge is -2.18. The predicted molar refractivity (Wildman–Crippen MR) is 143 cm³/mol. The van der Waals surface area contributed by atoms with Crippen LogP contribution < -0.4 is 5.32 Å². The summed E-state index contributed by atoms with van der Waals surface area (Å²) >= 11 is 1.62. The van der Waals surface area contributed by atoms with E-state index in [1.807, 2.05) is 4.68 Å². The number of benzene rings is 2. The van der Waals surface area contributed by atoms with Gasteiger partial charge in [0, 0.05) is 25.3 Å². The summed E-state index contributed by atoms with van der Waals surface area (Å²) in [5, 5.41) is 9.37. The molecule has 0 unspecified atom stereocenters. The summed E-state index contributed by atoms with van der Waals surface area (Å²) in [5.41, 5.74) is 8.56. The first kappa shape index (κ1) is 23.6. The van der Waals surface area contributed by atoms with Gasteiger partial charge in [-0.25, -0.2) is 4.68 Å². The maximum atomic E-state index is 6.09. The zero-order valence-corrected chi connectivity index (χ0v) is 22.7. The number of aromatic nitrogens is 3. The molecule has 2 aliphatic carbocycles. The van der Waals surface area contributed by atoms with E-state index in [0.717, 1.165) is 36.6 Å². The molecule has 0 fully saturated rings. The predicted octanol–water partition coefficient (Wildman–Crippen LogP) is 6.77. The van der Waals surface area contributed by atoms with Crippen LogP contribution in [0.5, 0.6) is 0 Å². The van der Waals surface area contributed by atoms with Gasteiger partial charge in [0.2, 0.25) is 11.1 Å². The third-order valence-corrected chi connectivity index (χ3v) is 9.60. The molecule has 0 saturated heterocycles. The summed E-state index contributed by atoms with van der Waals surface area (Å²) in [7, 11) is -1.14. The molecule has 1 heterocycles. The Morgan fingerprint density at radius 3 is 2.41 bits per heavy atom. The van der Waals surface area contributed by atoms with E-state index in [-0.39, 0.29) is 0 Å². The van der Waals surface area contributed by atoms with Crippen molar-refractivity contribution >= 4 is 31.5 Å². The molecule has 0 spiro atoms. The van der Waals surface area contributed by atoms with E-state index >= 15 is 0 Å². The second-order valence-electron chi connectivity index (χ2n) is 10.8. The number of anilines is 2. The fraction of sp³-hybridized carbons (Fsp3) is 0.481. The van der Waals surface area contributed by atoms with Crippen LogP contribution in [0.25, 0.3) is 0 Å². The summed E-state index contributed by atoms with van der Waals surface area (Å²) < 4.78 is 8.01. The molecule has 0 atom stereocenters. The van der Waals surface area contributed by atoms with Crippen molar-refractivity contribution in [3.63, 3.8) is 0 Å². The van der Waals surface area contributed by atoms with E-state index in [0.29, 0.717) is 6.73 Å². The van der Waals surface area contributed by atoms with Crippen LogP contribution in [0, 0.1) is 6.92 Å². The van der Waals surface area contributed by atoms with E-state index in [9.17, 15) is 0 Å². The highest BCUT2D eigenvalue weighted by atomic mass is 32.2. The van der Waals surface area contributed by atoms with Crippen molar-refractivity contribution in [2.75, 3.05) is 11.9 Å². The average molecular weight is 493 g/mol. The lowest BCUT2D eigenvalue weighted by Crippen LogP contribution is -2.22. The van der Waals surface area contributed by atoms with Crippen molar-refractivity contribution in [3.05, 3.63) is 58.1 Å².